The molecule has 3 N–H and O–H groups in total. The molecule has 0 radical (unpaired) electrons. The fourth-order valence-corrected chi connectivity index (χ4v) is 3.34. The second-order valence-electron chi connectivity index (χ2n) is 6.49. The normalized spacial score (nSPS) is 15.1. The highest BCUT2D eigenvalue weighted by Crippen LogP contribution is 2.26. The van der Waals surface area contributed by atoms with Gasteiger partial charge in [0.1, 0.15) is 18.4 Å². The molecule has 1 fully saturated rings. The van der Waals surface area contributed by atoms with Crippen molar-refractivity contribution >= 4 is 17.5 Å². The number of amides is 1. The number of hydrogen-bond donors (Lipinski definition) is 3. The van der Waals surface area contributed by atoms with Crippen molar-refractivity contribution in [2.24, 2.45) is 5.92 Å². The molecule has 2 heterocycles. The number of carboxylic acid groups (broad SMARTS) is 1. The summed E-state index contributed by atoms with van der Waals surface area (Å²) < 4.78 is 7.17. The lowest BCUT2D eigenvalue weighted by atomic mass is 9.87. The summed E-state index contributed by atoms with van der Waals surface area (Å²) in [7, 11) is 0. The van der Waals surface area contributed by atoms with Crippen LogP contribution in [0.5, 0.6) is 5.88 Å². The molecular formula is C17H22N4O5. The molecule has 0 unspecified atom stereocenters. The summed E-state index contributed by atoms with van der Waals surface area (Å²) in [6, 6.07) is 1.22. The molecule has 1 amide bonds. The van der Waals surface area contributed by atoms with Crippen LogP contribution in [0.1, 0.15) is 48.9 Å². The van der Waals surface area contributed by atoms with Crippen LogP contribution in [-0.2, 0) is 4.79 Å². The number of pyridine rings is 1. The lowest BCUT2D eigenvalue weighted by Crippen LogP contribution is -2.33. The summed E-state index contributed by atoms with van der Waals surface area (Å²) in [5.74, 6) is -1.04. The summed E-state index contributed by atoms with van der Waals surface area (Å²) >= 11 is 0. The van der Waals surface area contributed by atoms with E-state index in [0.29, 0.717) is 12.5 Å². The number of aliphatic carboxylic acids is 1. The zero-order valence-electron chi connectivity index (χ0n) is 14.4. The number of fused-ring (bicyclic) bond motifs is 1. The molecule has 26 heavy (non-hydrogen) atoms. The average molecular weight is 362 g/mol. The molecule has 2 aromatic heterocycles. The lowest BCUT2D eigenvalue weighted by Gasteiger charge is -2.21. The smallest absolute Gasteiger partial charge is 0.322 e. The molecular weight excluding hydrogens is 340 g/mol. The van der Waals surface area contributed by atoms with Crippen LogP contribution in [-0.4, -0.2) is 44.7 Å². The topological polar surface area (TPSA) is 126 Å². The highest BCUT2D eigenvalue weighted by Gasteiger charge is 2.20. The number of nitrogens with zero attached hydrogens (tertiary/aromatic N) is 2. The third kappa shape index (κ3) is 4.04. The summed E-state index contributed by atoms with van der Waals surface area (Å²) in [6.45, 7) is -0.0930. The Balaban J connectivity index is 1.75. The van der Waals surface area contributed by atoms with Gasteiger partial charge in [-0.15, -0.1) is 0 Å². The van der Waals surface area contributed by atoms with Gasteiger partial charge in [-0.1, -0.05) is 32.1 Å². The van der Waals surface area contributed by atoms with Crippen molar-refractivity contribution < 1.29 is 19.4 Å². The van der Waals surface area contributed by atoms with E-state index in [2.05, 4.69) is 15.4 Å². The number of ether oxygens (including phenoxy) is 1. The van der Waals surface area contributed by atoms with Crippen LogP contribution in [0.25, 0.3) is 5.65 Å². The standard InChI is InChI=1S/C17H22N4O5/c22-12-8-13(26-7-6-11-4-2-1-3-5-11)21-16(19-10-20-21)15(12)17(25)18-9-14(23)24/h8,10-11H,1-7,9H2,(H,18,25)(H,19,20)(H,23,24). The van der Waals surface area contributed by atoms with E-state index in [-0.39, 0.29) is 17.1 Å². The van der Waals surface area contributed by atoms with Gasteiger partial charge in [-0.3, -0.25) is 19.5 Å². The van der Waals surface area contributed by atoms with Gasteiger partial charge in [0, 0.05) is 6.07 Å². The molecule has 2 aromatic rings. The largest absolute Gasteiger partial charge is 0.480 e. The molecule has 1 saturated carbocycles. The number of carbonyl (C=O) groups excluding carboxylic acids is 1. The van der Waals surface area contributed by atoms with E-state index in [0.717, 1.165) is 6.42 Å². The van der Waals surface area contributed by atoms with Gasteiger partial charge in [-0.2, -0.15) is 0 Å². The molecule has 0 aromatic carbocycles. The Morgan fingerprint density at radius 1 is 1.35 bits per heavy atom. The maximum Gasteiger partial charge on any atom is 0.322 e. The highest BCUT2D eigenvalue weighted by molar-refractivity contribution is 6.00. The van der Waals surface area contributed by atoms with E-state index in [1.165, 1.54) is 49.0 Å². The van der Waals surface area contributed by atoms with Crippen molar-refractivity contribution in [1.29, 1.82) is 0 Å². The predicted molar refractivity (Wildman–Crippen MR) is 92.5 cm³/mol. The second-order valence-corrected chi connectivity index (χ2v) is 6.49. The molecule has 1 aliphatic rings. The molecule has 0 spiro atoms. The summed E-state index contributed by atoms with van der Waals surface area (Å²) in [5.41, 5.74) is -0.673. The van der Waals surface area contributed by atoms with E-state index in [4.69, 9.17) is 9.84 Å². The van der Waals surface area contributed by atoms with Gasteiger partial charge >= 0.3 is 5.97 Å². The quantitative estimate of drug-likeness (QED) is 0.679. The Morgan fingerprint density at radius 2 is 2.12 bits per heavy atom. The van der Waals surface area contributed by atoms with Crippen LogP contribution in [0.4, 0.5) is 0 Å². The molecule has 0 atom stereocenters. The van der Waals surface area contributed by atoms with Gasteiger partial charge in [-0.05, 0) is 12.3 Å². The Bertz CT molecular complexity index is 850. The van der Waals surface area contributed by atoms with Crippen molar-refractivity contribution in [2.75, 3.05) is 13.2 Å². The van der Waals surface area contributed by atoms with Crippen molar-refractivity contribution in [2.45, 2.75) is 38.5 Å². The first kappa shape index (κ1) is 18.0. The lowest BCUT2D eigenvalue weighted by molar-refractivity contribution is -0.135. The molecule has 9 nitrogen and oxygen atoms in total. The SMILES string of the molecule is O=C(O)CNC(=O)c1c(=O)cc(OCCC2CCCCC2)n2[nH]cnc12. The molecule has 9 heteroatoms. The van der Waals surface area contributed by atoms with Crippen LogP contribution in [0.3, 0.4) is 0 Å². The van der Waals surface area contributed by atoms with Crippen LogP contribution in [0.15, 0.2) is 17.2 Å². The number of carbonyl (C=O) groups is 2. The number of aromatic amines is 1. The minimum Gasteiger partial charge on any atom is -0.480 e. The van der Waals surface area contributed by atoms with Gasteiger partial charge in [0.15, 0.2) is 5.65 Å². The third-order valence-corrected chi connectivity index (χ3v) is 4.66. The number of nitrogens with one attached hydrogen (secondary N) is 2. The number of carboxylic acids is 1. The van der Waals surface area contributed by atoms with Crippen LogP contribution in [0, 0.1) is 5.92 Å². The van der Waals surface area contributed by atoms with Crippen molar-refractivity contribution in [1.82, 2.24) is 19.9 Å². The fourth-order valence-electron chi connectivity index (χ4n) is 3.34. The molecule has 0 bridgehead atoms. The molecule has 0 saturated heterocycles. The maximum absolute atomic E-state index is 12.3. The van der Waals surface area contributed by atoms with Crippen molar-refractivity contribution in [3.63, 3.8) is 0 Å². The van der Waals surface area contributed by atoms with Gasteiger partial charge in [-0.25, -0.2) is 9.50 Å². The molecule has 140 valence electrons. The number of hydrogen-bond acceptors (Lipinski definition) is 5. The monoisotopic (exact) mass is 362 g/mol. The van der Waals surface area contributed by atoms with E-state index >= 15 is 0 Å². The third-order valence-electron chi connectivity index (χ3n) is 4.66. The van der Waals surface area contributed by atoms with E-state index < -0.39 is 23.9 Å². The Morgan fingerprint density at radius 3 is 2.85 bits per heavy atom. The zero-order chi connectivity index (χ0) is 18.5. The van der Waals surface area contributed by atoms with Gasteiger partial charge in [0.2, 0.25) is 11.3 Å². The second kappa shape index (κ2) is 8.03. The first-order valence-electron chi connectivity index (χ1n) is 8.78. The number of H-pyrrole nitrogens is 1. The van der Waals surface area contributed by atoms with Crippen LogP contribution in [0.2, 0.25) is 0 Å². The van der Waals surface area contributed by atoms with E-state index in [1.54, 1.807) is 0 Å². The first-order chi connectivity index (χ1) is 12.6. The molecule has 3 rings (SSSR count). The van der Waals surface area contributed by atoms with Crippen LogP contribution >= 0.6 is 0 Å². The Labute approximate surface area is 149 Å². The number of aromatic nitrogens is 3. The van der Waals surface area contributed by atoms with Crippen LogP contribution < -0.4 is 15.5 Å². The van der Waals surface area contributed by atoms with Gasteiger partial charge < -0.3 is 15.2 Å². The van der Waals surface area contributed by atoms with Crippen molar-refractivity contribution in [3.05, 3.63) is 28.2 Å². The van der Waals surface area contributed by atoms with E-state index in [1.807, 2.05) is 0 Å². The van der Waals surface area contributed by atoms with Gasteiger partial charge in [0.05, 0.1) is 6.61 Å². The minimum atomic E-state index is -1.20. The summed E-state index contributed by atoms with van der Waals surface area (Å²) in [4.78, 5) is 39.1. The van der Waals surface area contributed by atoms with Crippen molar-refractivity contribution in [3.8, 4) is 5.88 Å². The van der Waals surface area contributed by atoms with Gasteiger partial charge in [0.25, 0.3) is 5.91 Å². The summed E-state index contributed by atoms with van der Waals surface area (Å²) in [6.07, 6.45) is 8.51. The highest BCUT2D eigenvalue weighted by atomic mass is 16.5. The average Bonchev–Trinajstić information content (AvgIpc) is 3.10. The molecule has 1 aliphatic carbocycles. The van der Waals surface area contributed by atoms with E-state index in [9.17, 15) is 14.4 Å². The fraction of sp³-hybridized carbons (Fsp3) is 0.529. The first-order valence-corrected chi connectivity index (χ1v) is 8.78. The minimum absolute atomic E-state index is 0.105. The molecule has 0 aliphatic heterocycles. The maximum atomic E-state index is 12.3. The Hall–Kier alpha value is -2.84. The summed E-state index contributed by atoms with van der Waals surface area (Å²) in [5, 5.41) is 13.7. The Kier molecular flexibility index (Phi) is 5.55. The number of rotatable bonds is 7. The zero-order valence-corrected chi connectivity index (χ0v) is 14.4. The predicted octanol–water partition coefficient (Wildman–Crippen LogP) is 1.19.